The van der Waals surface area contributed by atoms with E-state index in [1.54, 1.807) is 7.11 Å². The molecule has 0 spiro atoms. The van der Waals surface area contributed by atoms with Crippen molar-refractivity contribution in [2.75, 3.05) is 20.2 Å². The predicted octanol–water partition coefficient (Wildman–Crippen LogP) is 2.95. The van der Waals surface area contributed by atoms with Gasteiger partial charge in [-0.3, -0.25) is 4.90 Å². The second-order valence-corrected chi connectivity index (χ2v) is 6.25. The van der Waals surface area contributed by atoms with Gasteiger partial charge in [-0.25, -0.2) is 0 Å². The van der Waals surface area contributed by atoms with E-state index in [1.165, 1.54) is 24.0 Å². The molecule has 1 aromatic carbocycles. The molecule has 1 aliphatic carbocycles. The van der Waals surface area contributed by atoms with Gasteiger partial charge in [0, 0.05) is 32.3 Å². The molecule has 0 amide bonds. The van der Waals surface area contributed by atoms with Gasteiger partial charge in [0.15, 0.2) is 0 Å². The van der Waals surface area contributed by atoms with Crippen molar-refractivity contribution in [3.05, 3.63) is 35.4 Å². The summed E-state index contributed by atoms with van der Waals surface area (Å²) in [5, 5.41) is 0. The van der Waals surface area contributed by atoms with Crippen LogP contribution < -0.4 is 5.73 Å². The van der Waals surface area contributed by atoms with Gasteiger partial charge in [-0.05, 0) is 29.9 Å². The second-order valence-electron chi connectivity index (χ2n) is 6.25. The molecular weight excluding hydrogens is 248 g/mol. The highest BCUT2D eigenvalue weighted by Crippen LogP contribution is 2.34. The summed E-state index contributed by atoms with van der Waals surface area (Å²) >= 11 is 0. The summed E-state index contributed by atoms with van der Waals surface area (Å²) in [6.45, 7) is 7.04. The average Bonchev–Trinajstić information content (AvgIpc) is 3.23. The fraction of sp³-hybridized carbons (Fsp3) is 0.647. The number of nitrogens with zero attached hydrogens (tertiary/aromatic N) is 1. The lowest BCUT2D eigenvalue weighted by Crippen LogP contribution is -2.38. The summed E-state index contributed by atoms with van der Waals surface area (Å²) in [6.07, 6.45) is 2.64. The minimum Gasteiger partial charge on any atom is -0.380 e. The van der Waals surface area contributed by atoms with E-state index >= 15 is 0 Å². The molecule has 3 heteroatoms. The zero-order valence-electron chi connectivity index (χ0n) is 13.0. The highest BCUT2D eigenvalue weighted by atomic mass is 16.5. The molecule has 0 aliphatic heterocycles. The van der Waals surface area contributed by atoms with Gasteiger partial charge in [0.2, 0.25) is 0 Å². The van der Waals surface area contributed by atoms with Crippen LogP contribution in [-0.2, 0) is 11.3 Å². The number of methoxy groups -OCH3 is 1. The fourth-order valence-corrected chi connectivity index (χ4v) is 2.88. The minimum absolute atomic E-state index is 0.335. The molecule has 1 unspecified atom stereocenters. The monoisotopic (exact) mass is 276 g/mol. The summed E-state index contributed by atoms with van der Waals surface area (Å²) in [4.78, 5) is 2.61. The lowest BCUT2D eigenvalue weighted by atomic mass is 10.0. The molecule has 0 bridgehead atoms. The maximum Gasteiger partial charge on any atom is 0.0713 e. The minimum atomic E-state index is 0.335. The van der Waals surface area contributed by atoms with Crippen molar-refractivity contribution in [1.29, 1.82) is 0 Å². The first-order chi connectivity index (χ1) is 9.65. The smallest absolute Gasteiger partial charge is 0.0713 e. The Morgan fingerprint density at radius 1 is 1.35 bits per heavy atom. The normalized spacial score (nSPS) is 16.9. The molecule has 2 N–H and O–H groups in total. The van der Waals surface area contributed by atoms with Gasteiger partial charge in [0.05, 0.1) is 6.61 Å². The molecule has 1 fully saturated rings. The first kappa shape index (κ1) is 15.5. The third kappa shape index (κ3) is 4.05. The molecule has 20 heavy (non-hydrogen) atoms. The summed E-state index contributed by atoms with van der Waals surface area (Å²) in [5.74, 6) is 0.673. The van der Waals surface area contributed by atoms with Crippen LogP contribution in [0.1, 0.15) is 43.9 Å². The van der Waals surface area contributed by atoms with E-state index in [0.29, 0.717) is 25.1 Å². The van der Waals surface area contributed by atoms with Gasteiger partial charge < -0.3 is 10.5 Å². The Balaban J connectivity index is 2.18. The number of hydrogen-bond donors (Lipinski definition) is 1. The molecule has 112 valence electrons. The third-order valence-corrected chi connectivity index (χ3v) is 3.86. The number of nitrogens with two attached hydrogens (primary N) is 1. The first-order valence-electron chi connectivity index (χ1n) is 7.69. The molecule has 0 saturated heterocycles. The van der Waals surface area contributed by atoms with Crippen molar-refractivity contribution in [1.82, 2.24) is 4.90 Å². The van der Waals surface area contributed by atoms with Gasteiger partial charge in [-0.15, -0.1) is 0 Å². The number of benzene rings is 1. The Labute approximate surface area is 123 Å². The average molecular weight is 276 g/mol. The quantitative estimate of drug-likeness (QED) is 0.793. The molecule has 1 aliphatic rings. The Morgan fingerprint density at radius 2 is 2.10 bits per heavy atom. The summed E-state index contributed by atoms with van der Waals surface area (Å²) < 4.78 is 5.24. The van der Waals surface area contributed by atoms with Crippen molar-refractivity contribution >= 4 is 0 Å². The van der Waals surface area contributed by atoms with Crippen molar-refractivity contribution in [2.24, 2.45) is 11.7 Å². The molecule has 0 radical (unpaired) electrons. The van der Waals surface area contributed by atoms with Crippen molar-refractivity contribution in [2.45, 2.75) is 45.4 Å². The van der Waals surface area contributed by atoms with E-state index < -0.39 is 0 Å². The third-order valence-electron chi connectivity index (χ3n) is 3.86. The topological polar surface area (TPSA) is 38.5 Å². The van der Waals surface area contributed by atoms with E-state index in [9.17, 15) is 0 Å². The summed E-state index contributed by atoms with van der Waals surface area (Å²) in [7, 11) is 1.74. The van der Waals surface area contributed by atoms with Crippen LogP contribution in [0.5, 0.6) is 0 Å². The summed E-state index contributed by atoms with van der Waals surface area (Å²) in [5.41, 5.74) is 8.65. The highest BCUT2D eigenvalue weighted by molar-refractivity contribution is 5.26. The Bertz CT molecular complexity index is 415. The van der Waals surface area contributed by atoms with Gasteiger partial charge >= 0.3 is 0 Å². The zero-order valence-corrected chi connectivity index (χ0v) is 13.0. The second kappa shape index (κ2) is 7.21. The van der Waals surface area contributed by atoms with Crippen LogP contribution in [0.4, 0.5) is 0 Å². The van der Waals surface area contributed by atoms with E-state index in [2.05, 4.69) is 43.0 Å². The molecule has 1 atom stereocenters. The molecule has 0 heterocycles. The van der Waals surface area contributed by atoms with Crippen LogP contribution in [0.2, 0.25) is 0 Å². The number of hydrogen-bond acceptors (Lipinski definition) is 3. The van der Waals surface area contributed by atoms with Gasteiger partial charge in [0.25, 0.3) is 0 Å². The standard InChI is InChI=1S/C17H28N2O/c1-13(2)11-19(16-7-8-16)17(10-18)15-6-4-5-14(9-15)12-20-3/h4-6,9,13,16-17H,7-8,10-12,18H2,1-3H3. The van der Waals surface area contributed by atoms with E-state index in [4.69, 9.17) is 10.5 Å². The highest BCUT2D eigenvalue weighted by Gasteiger charge is 2.34. The van der Waals surface area contributed by atoms with E-state index in [1.807, 2.05) is 0 Å². The van der Waals surface area contributed by atoms with Crippen LogP contribution in [-0.4, -0.2) is 31.1 Å². The van der Waals surface area contributed by atoms with Crippen LogP contribution in [0, 0.1) is 5.92 Å². The van der Waals surface area contributed by atoms with E-state index in [0.717, 1.165) is 12.6 Å². The van der Waals surface area contributed by atoms with E-state index in [-0.39, 0.29) is 0 Å². The maximum absolute atomic E-state index is 6.10. The predicted molar refractivity (Wildman–Crippen MR) is 83.5 cm³/mol. The molecule has 0 aromatic heterocycles. The van der Waals surface area contributed by atoms with Crippen LogP contribution in [0.3, 0.4) is 0 Å². The van der Waals surface area contributed by atoms with Crippen molar-refractivity contribution in [3.8, 4) is 0 Å². The van der Waals surface area contributed by atoms with Crippen molar-refractivity contribution < 1.29 is 4.74 Å². The summed E-state index contributed by atoms with van der Waals surface area (Å²) in [6, 6.07) is 9.75. The zero-order chi connectivity index (χ0) is 14.5. The molecule has 2 rings (SSSR count). The van der Waals surface area contributed by atoms with Gasteiger partial charge in [-0.2, -0.15) is 0 Å². The first-order valence-corrected chi connectivity index (χ1v) is 7.69. The van der Waals surface area contributed by atoms with Crippen LogP contribution in [0.25, 0.3) is 0 Å². The van der Waals surface area contributed by atoms with Gasteiger partial charge in [-0.1, -0.05) is 38.1 Å². The Morgan fingerprint density at radius 3 is 2.65 bits per heavy atom. The SMILES string of the molecule is COCc1cccc(C(CN)N(CC(C)C)C2CC2)c1. The molecule has 3 nitrogen and oxygen atoms in total. The van der Waals surface area contributed by atoms with Gasteiger partial charge in [0.1, 0.15) is 0 Å². The Kier molecular flexibility index (Phi) is 5.58. The van der Waals surface area contributed by atoms with Crippen molar-refractivity contribution in [3.63, 3.8) is 0 Å². The molecule has 1 aromatic rings. The largest absolute Gasteiger partial charge is 0.380 e. The fourth-order valence-electron chi connectivity index (χ4n) is 2.88. The number of rotatable bonds is 8. The molecule has 1 saturated carbocycles. The Hall–Kier alpha value is -0.900. The lowest BCUT2D eigenvalue weighted by molar-refractivity contribution is 0.168. The van der Waals surface area contributed by atoms with Crippen LogP contribution >= 0.6 is 0 Å². The maximum atomic E-state index is 6.10. The number of ether oxygens (including phenoxy) is 1. The van der Waals surface area contributed by atoms with Crippen LogP contribution in [0.15, 0.2) is 24.3 Å². The lowest BCUT2D eigenvalue weighted by Gasteiger charge is -2.33. The molecular formula is C17H28N2O.